The molecule has 4 N–H and O–H groups in total. The third kappa shape index (κ3) is 3.84. The van der Waals surface area contributed by atoms with Crippen molar-refractivity contribution in [2.45, 2.75) is 0 Å². The zero-order valence-electron chi connectivity index (χ0n) is 4.66. The average Bonchev–Trinajstić information content (AvgIpc) is 1.94. The Balaban J connectivity index is 0.000000291. The van der Waals surface area contributed by atoms with Gasteiger partial charge in [0.2, 0.25) is 5.28 Å². The van der Waals surface area contributed by atoms with E-state index in [9.17, 15) is 0 Å². The Bertz CT molecular complexity index is 142. The second-order valence-electron chi connectivity index (χ2n) is 1.02. The summed E-state index contributed by atoms with van der Waals surface area (Å²) in [6.45, 7) is 0. The van der Waals surface area contributed by atoms with Gasteiger partial charge < -0.3 is 0 Å². The SMILES string of the molecule is Clc1ncccn1.NN. The van der Waals surface area contributed by atoms with Crippen LogP contribution in [0.2, 0.25) is 5.28 Å². The van der Waals surface area contributed by atoms with Crippen LogP contribution in [0.25, 0.3) is 0 Å². The lowest BCUT2D eigenvalue weighted by Crippen LogP contribution is -2.02. The molecule has 1 aromatic rings. The summed E-state index contributed by atoms with van der Waals surface area (Å²) >= 11 is 5.32. The fraction of sp³-hybridized carbons (Fsp3) is 0. The van der Waals surface area contributed by atoms with E-state index in [1.807, 2.05) is 0 Å². The molecule has 0 aliphatic carbocycles. The standard InChI is InChI=1S/C4H3ClN2.H4N2/c5-4-6-2-1-3-7-4;1-2/h1-3H;1-2H2. The summed E-state index contributed by atoms with van der Waals surface area (Å²) in [5.41, 5.74) is 0. The van der Waals surface area contributed by atoms with Gasteiger partial charge in [0.1, 0.15) is 0 Å². The number of aromatic nitrogens is 2. The van der Waals surface area contributed by atoms with Crippen molar-refractivity contribution < 1.29 is 0 Å². The van der Waals surface area contributed by atoms with Crippen LogP contribution in [-0.2, 0) is 0 Å². The molecule has 0 aromatic carbocycles. The summed E-state index contributed by atoms with van der Waals surface area (Å²) in [5.74, 6) is 8.00. The molecule has 4 nitrogen and oxygen atoms in total. The number of hydrogen-bond acceptors (Lipinski definition) is 4. The molecule has 1 aromatic heterocycles. The summed E-state index contributed by atoms with van der Waals surface area (Å²) in [5, 5.41) is 0.294. The Morgan fingerprint density at radius 3 is 1.89 bits per heavy atom. The number of nitrogens with two attached hydrogens (primary N) is 2. The van der Waals surface area contributed by atoms with E-state index >= 15 is 0 Å². The lowest BCUT2D eigenvalue weighted by Gasteiger charge is -1.78. The molecule has 0 saturated carbocycles. The number of nitrogens with zero attached hydrogens (tertiary/aromatic N) is 2. The smallest absolute Gasteiger partial charge is 0.222 e. The van der Waals surface area contributed by atoms with Gasteiger partial charge in [0.05, 0.1) is 0 Å². The highest BCUT2D eigenvalue weighted by Crippen LogP contribution is 1.92. The zero-order valence-corrected chi connectivity index (χ0v) is 5.42. The maximum absolute atomic E-state index is 5.32. The van der Waals surface area contributed by atoms with Crippen LogP contribution in [0.4, 0.5) is 0 Å². The van der Waals surface area contributed by atoms with Crippen LogP contribution in [0.5, 0.6) is 0 Å². The van der Waals surface area contributed by atoms with E-state index < -0.39 is 0 Å². The normalized spacial score (nSPS) is 7.44. The highest BCUT2D eigenvalue weighted by molar-refractivity contribution is 6.28. The Morgan fingerprint density at radius 1 is 1.22 bits per heavy atom. The van der Waals surface area contributed by atoms with Crippen molar-refractivity contribution >= 4 is 11.6 Å². The first-order chi connectivity index (χ1) is 4.39. The third-order valence-electron chi connectivity index (χ3n) is 0.534. The van der Waals surface area contributed by atoms with E-state index in [4.69, 9.17) is 11.6 Å². The van der Waals surface area contributed by atoms with E-state index in [1.54, 1.807) is 18.5 Å². The maximum atomic E-state index is 5.32. The van der Waals surface area contributed by atoms with Crippen LogP contribution in [0, 0.1) is 0 Å². The van der Waals surface area contributed by atoms with Gasteiger partial charge in [0, 0.05) is 12.4 Å². The molecule has 0 saturated heterocycles. The molecule has 0 spiro atoms. The van der Waals surface area contributed by atoms with Gasteiger partial charge in [-0.15, -0.1) is 0 Å². The van der Waals surface area contributed by atoms with E-state index in [2.05, 4.69) is 21.7 Å². The average molecular weight is 147 g/mol. The first-order valence-electron chi connectivity index (χ1n) is 2.15. The van der Waals surface area contributed by atoms with Gasteiger partial charge in [-0.05, 0) is 17.7 Å². The number of hydrazine groups is 1. The monoisotopic (exact) mass is 146 g/mol. The lowest BCUT2D eigenvalue weighted by molar-refractivity contribution is 1.17. The first-order valence-corrected chi connectivity index (χ1v) is 2.53. The second kappa shape index (κ2) is 5.43. The van der Waals surface area contributed by atoms with Gasteiger partial charge in [0.15, 0.2) is 0 Å². The molecule has 0 aliphatic rings. The summed E-state index contributed by atoms with van der Waals surface area (Å²) in [6, 6.07) is 1.71. The summed E-state index contributed by atoms with van der Waals surface area (Å²) < 4.78 is 0. The highest BCUT2D eigenvalue weighted by atomic mass is 35.5. The molecule has 0 atom stereocenters. The zero-order chi connectivity index (χ0) is 7.11. The van der Waals surface area contributed by atoms with Crippen LogP contribution in [0.15, 0.2) is 18.5 Å². The van der Waals surface area contributed by atoms with Gasteiger partial charge >= 0.3 is 0 Å². The molecule has 50 valence electrons. The molecule has 0 bridgehead atoms. The number of rotatable bonds is 0. The predicted octanol–water partition coefficient (Wildman–Crippen LogP) is -0.0512. The molecule has 5 heteroatoms. The minimum Gasteiger partial charge on any atom is -0.274 e. The Morgan fingerprint density at radius 2 is 1.67 bits per heavy atom. The van der Waals surface area contributed by atoms with E-state index in [0.717, 1.165) is 0 Å². The molecule has 1 heterocycles. The highest BCUT2D eigenvalue weighted by Gasteiger charge is 1.78. The molecule has 0 radical (unpaired) electrons. The lowest BCUT2D eigenvalue weighted by atomic mass is 10.7. The second-order valence-corrected chi connectivity index (χ2v) is 1.36. The topological polar surface area (TPSA) is 77.8 Å². The van der Waals surface area contributed by atoms with Gasteiger partial charge in [0.25, 0.3) is 0 Å². The van der Waals surface area contributed by atoms with Crippen molar-refractivity contribution in [1.82, 2.24) is 9.97 Å². The van der Waals surface area contributed by atoms with Crippen LogP contribution in [-0.4, -0.2) is 9.97 Å². The summed E-state index contributed by atoms with van der Waals surface area (Å²) in [6.07, 6.45) is 3.19. The van der Waals surface area contributed by atoms with Crippen molar-refractivity contribution in [2.75, 3.05) is 0 Å². The number of hydrogen-bond donors (Lipinski definition) is 2. The molecule has 1 rings (SSSR count). The first kappa shape index (κ1) is 8.29. The van der Waals surface area contributed by atoms with Crippen molar-refractivity contribution in [3.63, 3.8) is 0 Å². The molecule has 0 unspecified atom stereocenters. The fourth-order valence-electron chi connectivity index (χ4n) is 0.281. The third-order valence-corrected chi connectivity index (χ3v) is 0.729. The minimum absolute atomic E-state index is 0.294. The van der Waals surface area contributed by atoms with E-state index in [1.165, 1.54) is 0 Å². The van der Waals surface area contributed by atoms with Crippen LogP contribution in [0.3, 0.4) is 0 Å². The van der Waals surface area contributed by atoms with Crippen molar-refractivity contribution in [3.05, 3.63) is 23.7 Å². The Kier molecular flexibility index (Phi) is 5.00. The molecular formula is C4H7ClN4. The van der Waals surface area contributed by atoms with Crippen molar-refractivity contribution in [2.24, 2.45) is 11.7 Å². The van der Waals surface area contributed by atoms with E-state index in [0.29, 0.717) is 5.28 Å². The van der Waals surface area contributed by atoms with Gasteiger partial charge in [-0.1, -0.05) is 0 Å². The van der Waals surface area contributed by atoms with E-state index in [-0.39, 0.29) is 0 Å². The Hall–Kier alpha value is -0.710. The maximum Gasteiger partial charge on any atom is 0.222 e. The molecule has 9 heavy (non-hydrogen) atoms. The Labute approximate surface area is 57.8 Å². The molecule has 0 amide bonds. The summed E-state index contributed by atoms with van der Waals surface area (Å²) in [4.78, 5) is 7.27. The van der Waals surface area contributed by atoms with Gasteiger partial charge in [-0.25, -0.2) is 9.97 Å². The van der Waals surface area contributed by atoms with Crippen molar-refractivity contribution in [3.8, 4) is 0 Å². The van der Waals surface area contributed by atoms with Crippen LogP contribution < -0.4 is 11.7 Å². The number of halogens is 1. The molecule has 0 aliphatic heterocycles. The predicted molar refractivity (Wildman–Crippen MR) is 35.4 cm³/mol. The molecule has 0 fully saturated rings. The van der Waals surface area contributed by atoms with Gasteiger partial charge in [-0.2, -0.15) is 0 Å². The quantitative estimate of drug-likeness (QED) is 0.306. The molecular weight excluding hydrogens is 140 g/mol. The summed E-state index contributed by atoms with van der Waals surface area (Å²) in [7, 11) is 0. The van der Waals surface area contributed by atoms with Crippen LogP contribution in [0.1, 0.15) is 0 Å². The van der Waals surface area contributed by atoms with Crippen molar-refractivity contribution in [1.29, 1.82) is 0 Å². The van der Waals surface area contributed by atoms with Crippen LogP contribution >= 0.6 is 11.6 Å². The van der Waals surface area contributed by atoms with Gasteiger partial charge in [-0.3, -0.25) is 11.7 Å². The minimum atomic E-state index is 0.294. The largest absolute Gasteiger partial charge is 0.274 e. The fourth-order valence-corrected chi connectivity index (χ4v) is 0.394.